The van der Waals surface area contributed by atoms with E-state index in [1.54, 1.807) is 4.90 Å². The lowest BCUT2D eigenvalue weighted by atomic mass is 10.1. The third-order valence-electron chi connectivity index (χ3n) is 6.82. The van der Waals surface area contributed by atoms with E-state index in [0.29, 0.717) is 15.1 Å². The lowest BCUT2D eigenvalue weighted by Crippen LogP contribution is -2.28. The van der Waals surface area contributed by atoms with Crippen LogP contribution < -0.4 is 4.90 Å². The molecular formula is C32H30ClN3OS. The normalized spacial score (nSPS) is 15.7. The number of anilines is 1. The first kappa shape index (κ1) is 26.1. The zero-order chi connectivity index (χ0) is 26.8. The zero-order valence-electron chi connectivity index (χ0n) is 22.0. The first-order chi connectivity index (χ1) is 18.4. The molecule has 1 aliphatic rings. The Morgan fingerprint density at radius 1 is 0.842 bits per heavy atom. The van der Waals surface area contributed by atoms with Crippen molar-refractivity contribution in [2.75, 3.05) is 4.90 Å². The molecule has 6 heteroatoms. The van der Waals surface area contributed by atoms with Crippen molar-refractivity contribution in [3.8, 4) is 5.69 Å². The number of aryl methyl sites for hydroxylation is 3. The van der Waals surface area contributed by atoms with Crippen LogP contribution in [0.25, 0.3) is 11.8 Å². The highest BCUT2D eigenvalue weighted by Gasteiger charge is 2.35. The van der Waals surface area contributed by atoms with E-state index in [-0.39, 0.29) is 5.91 Å². The number of hydrogen-bond acceptors (Lipinski definition) is 3. The summed E-state index contributed by atoms with van der Waals surface area (Å²) < 4.78 is 2.18. The van der Waals surface area contributed by atoms with Crippen molar-refractivity contribution in [1.82, 2.24) is 4.57 Å². The van der Waals surface area contributed by atoms with Crippen LogP contribution in [0.4, 0.5) is 11.4 Å². The van der Waals surface area contributed by atoms with Gasteiger partial charge in [-0.3, -0.25) is 9.69 Å². The van der Waals surface area contributed by atoms with Crippen molar-refractivity contribution in [2.24, 2.45) is 4.99 Å². The molecule has 1 saturated heterocycles. The van der Waals surface area contributed by atoms with Gasteiger partial charge in [-0.05, 0) is 116 Å². The maximum atomic E-state index is 13.8. The minimum atomic E-state index is -0.0699. The average molecular weight is 540 g/mol. The molecule has 0 radical (unpaired) electrons. The minimum absolute atomic E-state index is 0.0699. The molecule has 0 saturated carbocycles. The van der Waals surface area contributed by atoms with Crippen LogP contribution in [0.3, 0.4) is 0 Å². The van der Waals surface area contributed by atoms with E-state index < -0.39 is 0 Å². The second kappa shape index (κ2) is 11.1. The van der Waals surface area contributed by atoms with Crippen LogP contribution >= 0.6 is 23.4 Å². The van der Waals surface area contributed by atoms with E-state index in [4.69, 9.17) is 16.6 Å². The van der Waals surface area contributed by atoms with Gasteiger partial charge in [-0.15, -0.1) is 0 Å². The number of amidine groups is 1. The predicted octanol–water partition coefficient (Wildman–Crippen LogP) is 8.68. The molecule has 5 rings (SSSR count). The number of halogens is 1. The highest BCUT2D eigenvalue weighted by Crippen LogP contribution is 2.38. The van der Waals surface area contributed by atoms with Gasteiger partial charge in [0, 0.05) is 22.1 Å². The smallest absolute Gasteiger partial charge is 0.271 e. The monoisotopic (exact) mass is 539 g/mol. The number of aromatic nitrogens is 1. The fourth-order valence-electron chi connectivity index (χ4n) is 4.64. The molecular weight excluding hydrogens is 510 g/mol. The molecule has 4 nitrogen and oxygen atoms in total. The van der Waals surface area contributed by atoms with Crippen LogP contribution in [0.15, 0.2) is 88.8 Å². The van der Waals surface area contributed by atoms with Crippen LogP contribution in [-0.2, 0) is 17.6 Å². The Morgan fingerprint density at radius 2 is 1.42 bits per heavy atom. The maximum Gasteiger partial charge on any atom is 0.271 e. The molecule has 0 spiro atoms. The number of rotatable bonds is 6. The van der Waals surface area contributed by atoms with Gasteiger partial charge in [0.2, 0.25) is 0 Å². The lowest BCUT2D eigenvalue weighted by molar-refractivity contribution is -0.113. The maximum absolute atomic E-state index is 13.8. The number of thioether (sulfide) groups is 1. The number of amides is 1. The van der Waals surface area contributed by atoms with E-state index in [1.807, 2.05) is 54.6 Å². The SMILES string of the molecule is CCc1ccc(N=C2S/C(=C/c3cc(C)n(-c4ccc(Cl)cc4)c3C)C(=O)N2c2ccc(CC)cc2)cc1. The molecule has 0 unspecified atom stereocenters. The first-order valence-electron chi connectivity index (χ1n) is 12.8. The number of carbonyl (C=O) groups excluding carboxylic acids is 1. The van der Waals surface area contributed by atoms with Crippen LogP contribution in [0.2, 0.25) is 5.02 Å². The molecule has 2 heterocycles. The summed E-state index contributed by atoms with van der Waals surface area (Å²) in [6.07, 6.45) is 3.90. The Hall–Kier alpha value is -3.54. The number of carbonyl (C=O) groups is 1. The van der Waals surface area contributed by atoms with E-state index >= 15 is 0 Å². The minimum Gasteiger partial charge on any atom is -0.318 e. The molecule has 0 atom stereocenters. The molecule has 0 N–H and O–H groups in total. The molecule has 0 bridgehead atoms. The number of nitrogens with zero attached hydrogens (tertiary/aromatic N) is 3. The van der Waals surface area contributed by atoms with Gasteiger partial charge in [0.15, 0.2) is 5.17 Å². The second-order valence-electron chi connectivity index (χ2n) is 9.32. The van der Waals surface area contributed by atoms with Gasteiger partial charge in [0.1, 0.15) is 0 Å². The number of hydrogen-bond donors (Lipinski definition) is 0. The van der Waals surface area contributed by atoms with E-state index in [0.717, 1.165) is 46.9 Å². The van der Waals surface area contributed by atoms with Crippen molar-refractivity contribution in [3.63, 3.8) is 0 Å². The summed E-state index contributed by atoms with van der Waals surface area (Å²) in [6.45, 7) is 8.40. The topological polar surface area (TPSA) is 37.6 Å². The summed E-state index contributed by atoms with van der Waals surface area (Å²) in [6, 6.07) is 26.2. The molecule has 0 aliphatic carbocycles. The second-order valence-corrected chi connectivity index (χ2v) is 10.8. The molecule has 192 valence electrons. The molecule has 3 aromatic carbocycles. The van der Waals surface area contributed by atoms with Crippen LogP contribution in [-0.4, -0.2) is 15.6 Å². The quantitative estimate of drug-likeness (QED) is 0.230. The Kier molecular flexibility index (Phi) is 7.59. The van der Waals surface area contributed by atoms with Crippen molar-refractivity contribution in [2.45, 2.75) is 40.5 Å². The third kappa shape index (κ3) is 5.22. The van der Waals surface area contributed by atoms with E-state index in [9.17, 15) is 4.79 Å². The van der Waals surface area contributed by atoms with Crippen molar-refractivity contribution < 1.29 is 4.79 Å². The predicted molar refractivity (Wildman–Crippen MR) is 162 cm³/mol. The fourth-order valence-corrected chi connectivity index (χ4v) is 5.75. The molecule has 1 fully saturated rings. The molecule has 38 heavy (non-hydrogen) atoms. The van der Waals surface area contributed by atoms with Gasteiger partial charge in [0.25, 0.3) is 5.91 Å². The summed E-state index contributed by atoms with van der Waals surface area (Å²) in [5.41, 5.74) is 8.32. The van der Waals surface area contributed by atoms with Gasteiger partial charge >= 0.3 is 0 Å². The third-order valence-corrected chi connectivity index (χ3v) is 8.04. The summed E-state index contributed by atoms with van der Waals surface area (Å²) >= 11 is 7.52. The van der Waals surface area contributed by atoms with E-state index in [1.165, 1.54) is 22.9 Å². The zero-order valence-corrected chi connectivity index (χ0v) is 23.6. The molecule has 1 aliphatic heterocycles. The first-order valence-corrected chi connectivity index (χ1v) is 14.0. The summed E-state index contributed by atoms with van der Waals surface area (Å²) in [4.78, 5) is 21.1. The Morgan fingerprint density at radius 3 is 2.03 bits per heavy atom. The fraction of sp³-hybridized carbons (Fsp3) is 0.188. The molecule has 4 aromatic rings. The van der Waals surface area contributed by atoms with Gasteiger partial charge in [-0.2, -0.15) is 0 Å². The molecule has 1 aromatic heterocycles. The molecule has 1 amide bonds. The van der Waals surface area contributed by atoms with Crippen LogP contribution in [0.5, 0.6) is 0 Å². The van der Waals surface area contributed by atoms with Crippen LogP contribution in [0.1, 0.15) is 41.9 Å². The van der Waals surface area contributed by atoms with Gasteiger partial charge in [-0.25, -0.2) is 4.99 Å². The standard InChI is InChI=1S/C32H30ClN3OS/c1-5-23-7-13-27(14-8-23)34-32-36(29-15-9-24(6-2)10-16-29)31(37)30(38-32)20-25-19-21(3)35(22(25)4)28-17-11-26(33)12-18-28/h7-20H,5-6H2,1-4H3/b30-20+,34-32?. The van der Waals surface area contributed by atoms with Crippen molar-refractivity contribution in [3.05, 3.63) is 117 Å². The summed E-state index contributed by atoms with van der Waals surface area (Å²) in [7, 11) is 0. The summed E-state index contributed by atoms with van der Waals surface area (Å²) in [5, 5.41) is 1.36. The van der Waals surface area contributed by atoms with Crippen molar-refractivity contribution >= 4 is 51.9 Å². The highest BCUT2D eigenvalue weighted by atomic mass is 35.5. The van der Waals surface area contributed by atoms with Crippen molar-refractivity contribution in [1.29, 1.82) is 0 Å². The van der Waals surface area contributed by atoms with Gasteiger partial charge in [0.05, 0.1) is 16.3 Å². The van der Waals surface area contributed by atoms with Crippen LogP contribution in [0, 0.1) is 13.8 Å². The Labute approximate surface area is 233 Å². The highest BCUT2D eigenvalue weighted by molar-refractivity contribution is 8.19. The number of benzene rings is 3. The van der Waals surface area contributed by atoms with Gasteiger partial charge in [-0.1, -0.05) is 49.7 Å². The largest absolute Gasteiger partial charge is 0.318 e. The lowest BCUT2D eigenvalue weighted by Gasteiger charge is -2.16. The van der Waals surface area contributed by atoms with E-state index in [2.05, 4.69) is 62.6 Å². The summed E-state index contributed by atoms with van der Waals surface area (Å²) in [5.74, 6) is -0.0699. The average Bonchev–Trinajstić information content (AvgIpc) is 3.39. The number of aliphatic imine (C=N–C) groups is 1. The Balaban J connectivity index is 1.55. The Bertz CT molecular complexity index is 1530. The van der Waals surface area contributed by atoms with Gasteiger partial charge < -0.3 is 4.57 Å².